The molecular weight excluding hydrogens is 463 g/mol. The lowest BCUT2D eigenvalue weighted by Gasteiger charge is -2.08. The number of nitrogens with one attached hydrogen (secondary N) is 1. The Bertz CT molecular complexity index is 1210. The lowest BCUT2D eigenvalue weighted by Crippen LogP contribution is -2.18. The van der Waals surface area contributed by atoms with Gasteiger partial charge in [0.15, 0.2) is 0 Å². The number of benzene rings is 3. The number of nitrogens with zero attached hydrogens (tertiary/aromatic N) is 1. The van der Waals surface area contributed by atoms with Crippen molar-refractivity contribution in [2.45, 2.75) is 4.90 Å². The van der Waals surface area contributed by atoms with Gasteiger partial charge in [0.05, 0.1) is 23.9 Å². The maximum atomic E-state index is 12.4. The molecule has 7 nitrogen and oxygen atoms in total. The molecule has 0 atom stereocenters. The van der Waals surface area contributed by atoms with E-state index in [2.05, 4.69) is 10.5 Å². The number of halogens is 2. The molecule has 3 aromatic carbocycles. The second-order valence-corrected chi connectivity index (χ2v) is 8.50. The number of methoxy groups -OCH3 is 1. The molecule has 0 spiro atoms. The Morgan fingerprint density at radius 1 is 0.968 bits per heavy atom. The van der Waals surface area contributed by atoms with Gasteiger partial charge < -0.3 is 8.92 Å². The largest absolute Gasteiger partial charge is 0.497 e. The van der Waals surface area contributed by atoms with Crippen molar-refractivity contribution in [1.82, 2.24) is 5.43 Å². The highest BCUT2D eigenvalue weighted by molar-refractivity contribution is 7.87. The van der Waals surface area contributed by atoms with Crippen molar-refractivity contribution in [2.75, 3.05) is 7.11 Å². The standard InChI is InChI=1S/C21H16Cl2N2O5S/c1-29-16-7-9-18(10-8-16)31(27,28)30-17-5-2-14(3-6-17)13-24-25-21(26)19-11-4-15(22)12-20(19)23/h2-13H,1H3,(H,25,26)/b24-13-. The average Bonchev–Trinajstić information content (AvgIpc) is 2.74. The van der Waals surface area contributed by atoms with E-state index in [4.69, 9.17) is 32.1 Å². The molecule has 0 unspecified atom stereocenters. The molecule has 0 bridgehead atoms. The van der Waals surface area contributed by atoms with E-state index in [0.29, 0.717) is 16.3 Å². The number of amides is 1. The predicted octanol–water partition coefficient (Wildman–Crippen LogP) is 4.53. The molecule has 1 N–H and O–H groups in total. The number of hydrogen-bond acceptors (Lipinski definition) is 6. The van der Waals surface area contributed by atoms with Crippen LogP contribution in [-0.4, -0.2) is 27.6 Å². The Kier molecular flexibility index (Phi) is 7.17. The van der Waals surface area contributed by atoms with E-state index in [1.165, 1.54) is 61.9 Å². The van der Waals surface area contributed by atoms with Crippen molar-refractivity contribution < 1.29 is 22.1 Å². The van der Waals surface area contributed by atoms with Crippen LogP contribution in [0.3, 0.4) is 0 Å². The second kappa shape index (κ2) is 9.82. The summed E-state index contributed by atoms with van der Waals surface area (Å²) in [6, 6.07) is 16.5. The maximum Gasteiger partial charge on any atom is 0.339 e. The normalized spacial score (nSPS) is 11.3. The molecular formula is C21H16Cl2N2O5S. The van der Waals surface area contributed by atoms with E-state index in [9.17, 15) is 13.2 Å². The third-order valence-electron chi connectivity index (χ3n) is 3.99. The number of hydrogen-bond donors (Lipinski definition) is 1. The van der Waals surface area contributed by atoms with Crippen molar-refractivity contribution in [3.8, 4) is 11.5 Å². The molecule has 31 heavy (non-hydrogen) atoms. The first-order valence-corrected chi connectivity index (χ1v) is 10.9. The van der Waals surface area contributed by atoms with Gasteiger partial charge in [-0.3, -0.25) is 4.79 Å². The molecule has 0 aliphatic rings. The number of rotatable bonds is 7. The summed E-state index contributed by atoms with van der Waals surface area (Å²) in [6.07, 6.45) is 1.39. The molecule has 160 valence electrons. The predicted molar refractivity (Wildman–Crippen MR) is 119 cm³/mol. The third-order valence-corrected chi connectivity index (χ3v) is 5.80. The maximum absolute atomic E-state index is 12.4. The minimum absolute atomic E-state index is 0.00233. The molecule has 0 aromatic heterocycles. The fourth-order valence-corrected chi connectivity index (χ4v) is 3.85. The first kappa shape index (κ1) is 22.6. The molecule has 0 saturated carbocycles. The summed E-state index contributed by atoms with van der Waals surface area (Å²) >= 11 is 11.8. The van der Waals surface area contributed by atoms with Gasteiger partial charge in [-0.1, -0.05) is 23.2 Å². The van der Waals surface area contributed by atoms with Crippen molar-refractivity contribution >= 4 is 45.4 Å². The molecule has 0 aliphatic heterocycles. The highest BCUT2D eigenvalue weighted by atomic mass is 35.5. The summed E-state index contributed by atoms with van der Waals surface area (Å²) in [6.45, 7) is 0. The van der Waals surface area contributed by atoms with Crippen LogP contribution in [0.15, 0.2) is 76.7 Å². The molecule has 0 heterocycles. The van der Waals surface area contributed by atoms with Crippen molar-refractivity contribution in [1.29, 1.82) is 0 Å². The van der Waals surface area contributed by atoms with Crippen LogP contribution in [0.4, 0.5) is 0 Å². The van der Waals surface area contributed by atoms with Crippen molar-refractivity contribution in [3.05, 3.63) is 87.9 Å². The van der Waals surface area contributed by atoms with Crippen LogP contribution in [0, 0.1) is 0 Å². The van der Waals surface area contributed by atoms with E-state index in [-0.39, 0.29) is 21.2 Å². The SMILES string of the molecule is COc1ccc(S(=O)(=O)Oc2ccc(/C=N\NC(=O)c3ccc(Cl)cc3Cl)cc2)cc1. The monoisotopic (exact) mass is 478 g/mol. The lowest BCUT2D eigenvalue weighted by atomic mass is 10.2. The van der Waals surface area contributed by atoms with Gasteiger partial charge in [-0.15, -0.1) is 0 Å². The summed E-state index contributed by atoms with van der Waals surface area (Å²) in [4.78, 5) is 12.1. The van der Waals surface area contributed by atoms with Gasteiger partial charge in [0, 0.05) is 5.02 Å². The van der Waals surface area contributed by atoms with Gasteiger partial charge in [0.2, 0.25) is 0 Å². The molecule has 3 aromatic rings. The zero-order chi connectivity index (χ0) is 22.4. The van der Waals surface area contributed by atoms with Gasteiger partial charge in [-0.2, -0.15) is 13.5 Å². The minimum atomic E-state index is -3.99. The number of hydrazone groups is 1. The van der Waals surface area contributed by atoms with Crippen molar-refractivity contribution in [3.63, 3.8) is 0 Å². The van der Waals surface area contributed by atoms with E-state index < -0.39 is 16.0 Å². The fraction of sp³-hybridized carbons (Fsp3) is 0.0476. The van der Waals surface area contributed by atoms with Crippen LogP contribution in [0.25, 0.3) is 0 Å². The number of carbonyl (C=O) groups excluding carboxylic acids is 1. The van der Waals surface area contributed by atoms with E-state index in [0.717, 1.165) is 0 Å². The van der Waals surface area contributed by atoms with Crippen molar-refractivity contribution in [2.24, 2.45) is 5.10 Å². The Morgan fingerprint density at radius 3 is 2.23 bits per heavy atom. The molecule has 3 rings (SSSR count). The third kappa shape index (κ3) is 5.97. The smallest absolute Gasteiger partial charge is 0.339 e. The summed E-state index contributed by atoms with van der Waals surface area (Å²) < 4.78 is 34.9. The van der Waals surface area contributed by atoms with Gasteiger partial charge >= 0.3 is 10.1 Å². The molecule has 0 radical (unpaired) electrons. The second-order valence-electron chi connectivity index (χ2n) is 6.11. The summed E-state index contributed by atoms with van der Waals surface area (Å²) in [5.74, 6) is 0.168. The number of carbonyl (C=O) groups is 1. The molecule has 1 amide bonds. The molecule has 0 aliphatic carbocycles. The number of ether oxygens (including phenoxy) is 1. The highest BCUT2D eigenvalue weighted by Crippen LogP contribution is 2.22. The van der Waals surface area contributed by atoms with Crippen LogP contribution < -0.4 is 14.3 Å². The van der Waals surface area contributed by atoms with E-state index >= 15 is 0 Å². The molecule has 0 saturated heterocycles. The quantitative estimate of drug-likeness (QED) is 0.305. The van der Waals surface area contributed by atoms with E-state index in [1.54, 1.807) is 18.2 Å². The van der Waals surface area contributed by atoms with Crippen LogP contribution in [0.5, 0.6) is 11.5 Å². The Balaban J connectivity index is 1.62. The summed E-state index contributed by atoms with van der Waals surface area (Å²) in [5.41, 5.74) is 3.20. The first-order chi connectivity index (χ1) is 14.8. The Morgan fingerprint density at radius 2 is 1.61 bits per heavy atom. The van der Waals surface area contributed by atoms with Gasteiger partial charge in [-0.25, -0.2) is 5.43 Å². The Labute approximate surface area is 189 Å². The van der Waals surface area contributed by atoms with E-state index in [1.807, 2.05) is 0 Å². The average molecular weight is 479 g/mol. The first-order valence-electron chi connectivity index (χ1n) is 8.75. The Hall–Kier alpha value is -3.07. The molecule has 0 fully saturated rings. The van der Waals surface area contributed by atoms with Gasteiger partial charge in [0.1, 0.15) is 16.4 Å². The zero-order valence-corrected chi connectivity index (χ0v) is 18.4. The van der Waals surface area contributed by atoms with Crippen LogP contribution >= 0.6 is 23.2 Å². The summed E-state index contributed by atoms with van der Waals surface area (Å²) in [7, 11) is -2.50. The zero-order valence-electron chi connectivity index (χ0n) is 16.1. The fourth-order valence-electron chi connectivity index (χ4n) is 2.43. The highest BCUT2D eigenvalue weighted by Gasteiger charge is 2.16. The van der Waals surface area contributed by atoms with Crippen LogP contribution in [0.1, 0.15) is 15.9 Å². The topological polar surface area (TPSA) is 94.1 Å². The van der Waals surface area contributed by atoms with Gasteiger partial charge in [0.25, 0.3) is 5.91 Å². The van der Waals surface area contributed by atoms with Gasteiger partial charge in [-0.05, 0) is 72.3 Å². The minimum Gasteiger partial charge on any atom is -0.497 e. The molecule has 10 heteroatoms. The van der Waals surface area contributed by atoms with Crippen LogP contribution in [-0.2, 0) is 10.1 Å². The lowest BCUT2D eigenvalue weighted by molar-refractivity contribution is 0.0955. The van der Waals surface area contributed by atoms with Crippen LogP contribution in [0.2, 0.25) is 10.0 Å². The summed E-state index contributed by atoms with van der Waals surface area (Å²) in [5, 5.41) is 4.49.